The average molecular weight is 337 g/mol. The Bertz CT molecular complexity index is 468. The van der Waals surface area contributed by atoms with Gasteiger partial charge in [-0.1, -0.05) is 0 Å². The number of piperidine rings is 2. The quantitative estimate of drug-likeness (QED) is 0.820. The normalized spacial score (nSPS) is 26.2. The molecule has 3 heterocycles. The lowest BCUT2D eigenvalue weighted by Gasteiger charge is -2.48. The maximum absolute atomic E-state index is 12.6. The van der Waals surface area contributed by atoms with Gasteiger partial charge < -0.3 is 14.9 Å². The molecule has 0 bridgehead atoms. The van der Waals surface area contributed by atoms with E-state index in [0.29, 0.717) is 13.0 Å². The zero-order chi connectivity index (χ0) is 17.2. The first-order valence-electron chi connectivity index (χ1n) is 9.46. The van der Waals surface area contributed by atoms with Crippen molar-refractivity contribution < 1.29 is 14.7 Å². The highest BCUT2D eigenvalue weighted by atomic mass is 16.3. The maximum Gasteiger partial charge on any atom is 0.239 e. The van der Waals surface area contributed by atoms with E-state index in [-0.39, 0.29) is 29.9 Å². The fourth-order valence-electron chi connectivity index (χ4n) is 4.58. The Morgan fingerprint density at radius 1 is 1.17 bits per heavy atom. The van der Waals surface area contributed by atoms with E-state index in [9.17, 15) is 9.59 Å². The predicted molar refractivity (Wildman–Crippen MR) is 91.4 cm³/mol. The van der Waals surface area contributed by atoms with Crippen LogP contribution in [0.4, 0.5) is 0 Å². The lowest BCUT2D eigenvalue weighted by Crippen LogP contribution is -2.55. The first kappa shape index (κ1) is 17.7. The molecule has 6 nitrogen and oxygen atoms in total. The van der Waals surface area contributed by atoms with Gasteiger partial charge in [0.1, 0.15) is 0 Å². The third kappa shape index (κ3) is 3.59. The van der Waals surface area contributed by atoms with E-state index in [1.165, 1.54) is 0 Å². The topological polar surface area (TPSA) is 64.1 Å². The van der Waals surface area contributed by atoms with Crippen LogP contribution in [0.5, 0.6) is 0 Å². The number of β-amino-alcohol motifs (C(OH)–C–C–N with tert-alkyl or cyclic N) is 1. The van der Waals surface area contributed by atoms with Gasteiger partial charge in [0.2, 0.25) is 11.8 Å². The monoisotopic (exact) mass is 337 g/mol. The van der Waals surface area contributed by atoms with E-state index in [1.807, 2.05) is 16.7 Å². The minimum absolute atomic E-state index is 0.0285. The fraction of sp³-hybridized carbons (Fsp3) is 0.889. The van der Waals surface area contributed by atoms with Crippen molar-refractivity contribution in [2.75, 3.05) is 45.9 Å². The van der Waals surface area contributed by atoms with Crippen LogP contribution in [-0.4, -0.2) is 83.5 Å². The van der Waals surface area contributed by atoms with Gasteiger partial charge in [-0.2, -0.15) is 0 Å². The van der Waals surface area contributed by atoms with E-state index in [2.05, 4.69) is 4.90 Å². The third-order valence-corrected chi connectivity index (χ3v) is 6.30. The Kier molecular flexibility index (Phi) is 5.45. The molecule has 3 rings (SSSR count). The van der Waals surface area contributed by atoms with Crippen molar-refractivity contribution in [1.29, 1.82) is 0 Å². The first-order valence-corrected chi connectivity index (χ1v) is 9.46. The van der Waals surface area contributed by atoms with Gasteiger partial charge in [0.05, 0.1) is 12.6 Å². The molecule has 136 valence electrons. The van der Waals surface area contributed by atoms with Gasteiger partial charge in [-0.05, 0) is 57.5 Å². The summed E-state index contributed by atoms with van der Waals surface area (Å²) >= 11 is 0. The molecule has 1 spiro atoms. The van der Waals surface area contributed by atoms with Crippen molar-refractivity contribution >= 4 is 11.8 Å². The molecule has 0 aromatic heterocycles. The second-order valence-electron chi connectivity index (χ2n) is 7.78. The first-order chi connectivity index (χ1) is 11.5. The van der Waals surface area contributed by atoms with Crippen LogP contribution in [0.25, 0.3) is 0 Å². The molecule has 6 heteroatoms. The molecule has 1 N–H and O–H groups in total. The van der Waals surface area contributed by atoms with Crippen molar-refractivity contribution in [1.82, 2.24) is 14.7 Å². The highest BCUT2D eigenvalue weighted by Crippen LogP contribution is 2.40. The minimum atomic E-state index is -0.0285. The summed E-state index contributed by atoms with van der Waals surface area (Å²) in [4.78, 5) is 30.7. The largest absolute Gasteiger partial charge is 0.395 e. The van der Waals surface area contributed by atoms with Crippen molar-refractivity contribution in [3.05, 3.63) is 0 Å². The molecule has 1 atom stereocenters. The Morgan fingerprint density at radius 2 is 1.83 bits per heavy atom. The number of rotatable bonds is 4. The van der Waals surface area contributed by atoms with Crippen molar-refractivity contribution in [2.45, 2.75) is 51.5 Å². The van der Waals surface area contributed by atoms with Crippen LogP contribution < -0.4 is 0 Å². The average Bonchev–Trinajstić information content (AvgIpc) is 3.13. The van der Waals surface area contributed by atoms with Crippen LogP contribution >= 0.6 is 0 Å². The molecule has 3 fully saturated rings. The highest BCUT2D eigenvalue weighted by Gasteiger charge is 2.42. The number of aliphatic hydroxyl groups is 1. The van der Waals surface area contributed by atoms with Crippen LogP contribution in [0.2, 0.25) is 0 Å². The van der Waals surface area contributed by atoms with E-state index < -0.39 is 0 Å². The van der Waals surface area contributed by atoms with Crippen LogP contribution in [0.15, 0.2) is 0 Å². The summed E-state index contributed by atoms with van der Waals surface area (Å²) in [6.07, 6.45) is 5.91. The molecule has 24 heavy (non-hydrogen) atoms. The molecule has 0 aliphatic carbocycles. The zero-order valence-corrected chi connectivity index (χ0v) is 14.9. The minimum Gasteiger partial charge on any atom is -0.395 e. The van der Waals surface area contributed by atoms with Gasteiger partial charge in [0.15, 0.2) is 0 Å². The number of carbonyl (C=O) groups excluding carboxylic acids is 2. The van der Waals surface area contributed by atoms with E-state index in [1.54, 1.807) is 0 Å². The number of amides is 2. The van der Waals surface area contributed by atoms with Gasteiger partial charge in [-0.3, -0.25) is 14.5 Å². The fourth-order valence-corrected chi connectivity index (χ4v) is 4.58. The molecular formula is C18H31N3O3. The summed E-state index contributed by atoms with van der Waals surface area (Å²) in [5.41, 5.74) is 0.190. The molecule has 0 aromatic carbocycles. The second kappa shape index (κ2) is 7.40. The Hall–Kier alpha value is -1.14. The second-order valence-corrected chi connectivity index (χ2v) is 7.78. The summed E-state index contributed by atoms with van der Waals surface area (Å²) in [6, 6.07) is -0.0285. The number of aliphatic hydroxyl groups excluding tert-OH is 1. The summed E-state index contributed by atoms with van der Waals surface area (Å²) < 4.78 is 0. The van der Waals surface area contributed by atoms with Gasteiger partial charge in [-0.25, -0.2) is 0 Å². The van der Waals surface area contributed by atoms with Crippen molar-refractivity contribution in [3.63, 3.8) is 0 Å². The molecule has 3 aliphatic heterocycles. The molecule has 0 aromatic rings. The van der Waals surface area contributed by atoms with E-state index >= 15 is 0 Å². The molecule has 0 saturated carbocycles. The Balaban J connectivity index is 1.55. The van der Waals surface area contributed by atoms with Gasteiger partial charge in [0.25, 0.3) is 0 Å². The molecule has 0 radical (unpaired) electrons. The molecule has 3 saturated heterocycles. The zero-order valence-electron chi connectivity index (χ0n) is 14.9. The summed E-state index contributed by atoms with van der Waals surface area (Å²) in [7, 11) is 0. The van der Waals surface area contributed by atoms with Gasteiger partial charge in [-0.15, -0.1) is 0 Å². The molecule has 3 aliphatic rings. The SMILES string of the molecule is C[C@H](C(=O)N1CCCC1)N1CCC2(CCC(=O)N(CCO)C2)CC1. The van der Waals surface area contributed by atoms with E-state index in [4.69, 9.17) is 5.11 Å². The van der Waals surface area contributed by atoms with Crippen molar-refractivity contribution in [3.8, 4) is 0 Å². The molecular weight excluding hydrogens is 306 g/mol. The summed E-state index contributed by atoms with van der Waals surface area (Å²) in [6.45, 7) is 7.00. The predicted octanol–water partition coefficient (Wildman–Crippen LogP) is 0.694. The molecule has 0 unspecified atom stereocenters. The van der Waals surface area contributed by atoms with Gasteiger partial charge >= 0.3 is 0 Å². The third-order valence-electron chi connectivity index (χ3n) is 6.30. The van der Waals surface area contributed by atoms with E-state index in [0.717, 1.165) is 64.8 Å². The lowest BCUT2D eigenvalue weighted by atomic mass is 9.72. The highest BCUT2D eigenvalue weighted by molar-refractivity contribution is 5.81. The number of nitrogens with zero attached hydrogens (tertiary/aromatic N) is 3. The number of carbonyl (C=O) groups is 2. The summed E-state index contributed by atoms with van der Waals surface area (Å²) in [5.74, 6) is 0.457. The number of likely N-dealkylation sites (tertiary alicyclic amines) is 3. The van der Waals surface area contributed by atoms with Crippen LogP contribution in [0.3, 0.4) is 0 Å². The lowest BCUT2D eigenvalue weighted by molar-refractivity contribution is -0.141. The Morgan fingerprint density at radius 3 is 2.46 bits per heavy atom. The Labute approximate surface area is 144 Å². The standard InChI is InChI=1S/C18H31N3O3/c1-15(17(24)20-8-2-3-9-20)19-10-6-18(7-11-19)5-4-16(23)21(14-18)12-13-22/h15,22H,2-14H2,1H3/t15-/m1/s1. The number of hydrogen-bond donors (Lipinski definition) is 1. The maximum atomic E-state index is 12.6. The smallest absolute Gasteiger partial charge is 0.239 e. The summed E-state index contributed by atoms with van der Waals surface area (Å²) in [5, 5.41) is 9.16. The van der Waals surface area contributed by atoms with Crippen LogP contribution in [-0.2, 0) is 9.59 Å². The van der Waals surface area contributed by atoms with Gasteiger partial charge in [0, 0.05) is 32.6 Å². The molecule has 2 amide bonds. The van der Waals surface area contributed by atoms with Crippen molar-refractivity contribution in [2.24, 2.45) is 5.41 Å². The van der Waals surface area contributed by atoms with Crippen LogP contribution in [0, 0.1) is 5.41 Å². The number of hydrogen-bond acceptors (Lipinski definition) is 4. The van der Waals surface area contributed by atoms with Crippen LogP contribution in [0.1, 0.15) is 45.4 Å².